The predicted octanol–water partition coefficient (Wildman–Crippen LogP) is 6.78. The molecule has 1 fully saturated rings. The SMILES string of the molecule is CCCOc1ccc(/C=C2\SC(=O)N(Cc3c(Cl)cccc3Cl)C2=O)cc1Br. The first-order valence-corrected chi connectivity index (χ1v) is 10.9. The van der Waals surface area contributed by atoms with Crippen molar-refractivity contribution in [2.24, 2.45) is 0 Å². The molecule has 0 N–H and O–H groups in total. The van der Waals surface area contributed by atoms with E-state index < -0.39 is 0 Å². The highest BCUT2D eigenvalue weighted by molar-refractivity contribution is 9.10. The molecule has 1 aliphatic rings. The smallest absolute Gasteiger partial charge is 0.293 e. The van der Waals surface area contributed by atoms with E-state index in [9.17, 15) is 9.59 Å². The van der Waals surface area contributed by atoms with Crippen LogP contribution in [0.25, 0.3) is 6.08 Å². The van der Waals surface area contributed by atoms with Crippen LogP contribution in [0.1, 0.15) is 24.5 Å². The maximum atomic E-state index is 12.7. The fourth-order valence-electron chi connectivity index (χ4n) is 2.57. The number of thioether (sulfide) groups is 1. The van der Waals surface area contributed by atoms with Crippen molar-refractivity contribution in [1.82, 2.24) is 4.90 Å². The Morgan fingerprint density at radius 2 is 1.89 bits per heavy atom. The Kier molecular flexibility index (Phi) is 7.10. The van der Waals surface area contributed by atoms with Crippen molar-refractivity contribution in [1.29, 1.82) is 0 Å². The summed E-state index contributed by atoms with van der Waals surface area (Å²) in [7, 11) is 0. The lowest BCUT2D eigenvalue weighted by Crippen LogP contribution is -2.27. The Hall–Kier alpha value is -1.47. The van der Waals surface area contributed by atoms with Crippen LogP contribution in [0.3, 0.4) is 0 Å². The summed E-state index contributed by atoms with van der Waals surface area (Å²) in [5.41, 5.74) is 1.34. The molecule has 146 valence electrons. The predicted molar refractivity (Wildman–Crippen MR) is 118 cm³/mol. The molecule has 8 heteroatoms. The maximum Gasteiger partial charge on any atom is 0.293 e. The number of carbonyl (C=O) groups is 2. The Balaban J connectivity index is 1.80. The molecule has 0 aliphatic carbocycles. The highest BCUT2D eigenvalue weighted by atomic mass is 79.9. The summed E-state index contributed by atoms with van der Waals surface area (Å²) in [5, 5.41) is 0.485. The van der Waals surface area contributed by atoms with Crippen molar-refractivity contribution in [3.05, 3.63) is 66.9 Å². The summed E-state index contributed by atoms with van der Waals surface area (Å²) >= 11 is 16.7. The van der Waals surface area contributed by atoms with Crippen LogP contribution >= 0.6 is 50.9 Å². The van der Waals surface area contributed by atoms with Crippen molar-refractivity contribution in [3.8, 4) is 5.75 Å². The highest BCUT2D eigenvalue weighted by Gasteiger charge is 2.35. The van der Waals surface area contributed by atoms with Gasteiger partial charge in [0.05, 0.1) is 22.5 Å². The van der Waals surface area contributed by atoms with Crippen LogP contribution in [0.4, 0.5) is 4.79 Å². The summed E-state index contributed by atoms with van der Waals surface area (Å²) in [6, 6.07) is 10.6. The quantitative estimate of drug-likeness (QED) is 0.410. The number of imide groups is 1. The van der Waals surface area contributed by atoms with Gasteiger partial charge in [0, 0.05) is 15.6 Å². The molecule has 0 radical (unpaired) electrons. The van der Waals surface area contributed by atoms with Crippen molar-refractivity contribution in [2.75, 3.05) is 6.61 Å². The van der Waals surface area contributed by atoms with Crippen LogP contribution in [0, 0.1) is 0 Å². The number of ether oxygens (including phenoxy) is 1. The van der Waals surface area contributed by atoms with Gasteiger partial charge in [-0.2, -0.15) is 0 Å². The molecule has 0 spiro atoms. The zero-order valence-corrected chi connectivity index (χ0v) is 18.8. The molecule has 1 heterocycles. The van der Waals surface area contributed by atoms with Crippen LogP contribution < -0.4 is 4.74 Å². The molecule has 3 rings (SSSR count). The molecular formula is C20H16BrCl2NO3S. The number of carbonyl (C=O) groups excluding carboxylic acids is 2. The second-order valence-corrected chi connectivity index (χ2v) is 8.67. The number of nitrogens with zero attached hydrogens (tertiary/aromatic N) is 1. The number of hydrogen-bond donors (Lipinski definition) is 0. The Morgan fingerprint density at radius 3 is 2.54 bits per heavy atom. The largest absolute Gasteiger partial charge is 0.492 e. The lowest BCUT2D eigenvalue weighted by Gasteiger charge is -2.14. The van der Waals surface area contributed by atoms with Crippen LogP contribution in [-0.4, -0.2) is 22.7 Å². The average Bonchev–Trinajstić information content (AvgIpc) is 2.91. The van der Waals surface area contributed by atoms with E-state index in [0.717, 1.165) is 38.9 Å². The molecule has 0 bridgehead atoms. The minimum Gasteiger partial charge on any atom is -0.492 e. The fourth-order valence-corrected chi connectivity index (χ4v) is 4.43. The Labute approximate surface area is 186 Å². The van der Waals surface area contributed by atoms with Gasteiger partial charge in [-0.3, -0.25) is 14.5 Å². The molecule has 2 amide bonds. The lowest BCUT2D eigenvalue weighted by atomic mass is 10.2. The van der Waals surface area contributed by atoms with E-state index in [1.165, 1.54) is 0 Å². The minimum atomic E-state index is -0.367. The van der Waals surface area contributed by atoms with Gasteiger partial charge in [-0.25, -0.2) is 0 Å². The van der Waals surface area contributed by atoms with E-state index in [1.807, 2.05) is 25.1 Å². The number of halogens is 3. The van der Waals surface area contributed by atoms with Gasteiger partial charge in [0.25, 0.3) is 11.1 Å². The van der Waals surface area contributed by atoms with Crippen molar-refractivity contribution in [3.63, 3.8) is 0 Å². The first-order chi connectivity index (χ1) is 13.4. The number of rotatable bonds is 6. The van der Waals surface area contributed by atoms with Crippen LogP contribution in [0.15, 0.2) is 45.8 Å². The summed E-state index contributed by atoms with van der Waals surface area (Å²) < 4.78 is 6.42. The van der Waals surface area contributed by atoms with E-state index in [1.54, 1.807) is 24.3 Å². The third-order valence-corrected chi connectivity index (χ3v) is 6.20. The summed E-state index contributed by atoms with van der Waals surface area (Å²) in [6.07, 6.45) is 2.60. The van der Waals surface area contributed by atoms with E-state index in [0.29, 0.717) is 27.1 Å². The number of hydrogen-bond acceptors (Lipinski definition) is 4. The lowest BCUT2D eigenvalue weighted by molar-refractivity contribution is -0.123. The number of amides is 2. The summed E-state index contributed by atoms with van der Waals surface area (Å²) in [5.74, 6) is 0.369. The Morgan fingerprint density at radius 1 is 1.18 bits per heavy atom. The molecule has 0 unspecified atom stereocenters. The van der Waals surface area contributed by atoms with Crippen molar-refractivity contribution < 1.29 is 14.3 Å². The van der Waals surface area contributed by atoms with Gasteiger partial charge in [0.1, 0.15) is 5.75 Å². The van der Waals surface area contributed by atoms with Crippen LogP contribution in [0.5, 0.6) is 5.75 Å². The van der Waals surface area contributed by atoms with Gasteiger partial charge in [-0.1, -0.05) is 42.3 Å². The summed E-state index contributed by atoms with van der Waals surface area (Å²) in [6.45, 7) is 2.70. The van der Waals surface area contributed by atoms with E-state index in [4.69, 9.17) is 27.9 Å². The molecule has 2 aromatic carbocycles. The molecule has 0 atom stereocenters. The van der Waals surface area contributed by atoms with Gasteiger partial charge in [0.15, 0.2) is 0 Å². The van der Waals surface area contributed by atoms with E-state index in [-0.39, 0.29) is 17.7 Å². The second-order valence-electron chi connectivity index (χ2n) is 6.01. The Bertz CT molecular complexity index is 944. The molecule has 0 aromatic heterocycles. The zero-order chi connectivity index (χ0) is 20.3. The fraction of sp³-hybridized carbons (Fsp3) is 0.200. The monoisotopic (exact) mass is 499 g/mol. The zero-order valence-electron chi connectivity index (χ0n) is 14.9. The molecule has 1 aliphatic heterocycles. The van der Waals surface area contributed by atoms with Gasteiger partial charge in [-0.15, -0.1) is 0 Å². The van der Waals surface area contributed by atoms with E-state index >= 15 is 0 Å². The average molecular weight is 501 g/mol. The van der Waals surface area contributed by atoms with Crippen LogP contribution in [0.2, 0.25) is 10.0 Å². The standard InChI is InChI=1S/C20H16BrCl2NO3S/c1-2-8-27-17-7-6-12(9-14(17)21)10-18-19(25)24(20(26)28-18)11-13-15(22)4-3-5-16(13)23/h3-7,9-10H,2,8,11H2,1H3/b18-10-. The third kappa shape index (κ3) is 4.74. The molecule has 1 saturated heterocycles. The normalized spacial score (nSPS) is 15.6. The van der Waals surface area contributed by atoms with E-state index in [2.05, 4.69) is 15.9 Å². The molecule has 28 heavy (non-hydrogen) atoms. The first-order valence-electron chi connectivity index (χ1n) is 8.51. The topological polar surface area (TPSA) is 46.6 Å². The van der Waals surface area contributed by atoms with Gasteiger partial charge in [0.2, 0.25) is 0 Å². The molecular weight excluding hydrogens is 485 g/mol. The van der Waals surface area contributed by atoms with Crippen molar-refractivity contribution in [2.45, 2.75) is 19.9 Å². The van der Waals surface area contributed by atoms with Crippen molar-refractivity contribution >= 4 is 68.1 Å². The third-order valence-electron chi connectivity index (χ3n) is 3.97. The molecule has 0 saturated carbocycles. The van der Waals surface area contributed by atoms with Crippen LogP contribution in [-0.2, 0) is 11.3 Å². The summed E-state index contributed by atoms with van der Waals surface area (Å²) in [4.78, 5) is 26.6. The number of benzene rings is 2. The first kappa shape index (κ1) is 21.2. The molecule has 4 nitrogen and oxygen atoms in total. The molecule has 2 aromatic rings. The van der Waals surface area contributed by atoms with Gasteiger partial charge >= 0.3 is 0 Å². The highest BCUT2D eigenvalue weighted by Crippen LogP contribution is 2.36. The maximum absolute atomic E-state index is 12.7. The van der Waals surface area contributed by atoms with Gasteiger partial charge in [-0.05, 0) is 70.0 Å². The second kappa shape index (κ2) is 9.35. The van der Waals surface area contributed by atoms with Gasteiger partial charge < -0.3 is 4.74 Å². The minimum absolute atomic E-state index is 0.0357.